The second-order valence-electron chi connectivity index (χ2n) is 5.39. The lowest BCUT2D eigenvalue weighted by molar-refractivity contribution is -0.134. The molecule has 0 saturated carbocycles. The summed E-state index contributed by atoms with van der Waals surface area (Å²) in [5.41, 5.74) is 2.37. The predicted molar refractivity (Wildman–Crippen MR) is 94.0 cm³/mol. The fraction of sp³-hybridized carbons (Fsp3) is 0.316. The highest BCUT2D eigenvalue weighted by molar-refractivity contribution is 5.90. The SMILES string of the molecule is CCOC(=O)c1cc(/C=C/C(=O)OC)cn1CCCc1cccnc1. The van der Waals surface area contributed by atoms with Gasteiger partial charge >= 0.3 is 11.9 Å². The van der Waals surface area contributed by atoms with Crippen molar-refractivity contribution in [2.45, 2.75) is 26.3 Å². The summed E-state index contributed by atoms with van der Waals surface area (Å²) >= 11 is 0. The second kappa shape index (κ2) is 9.42. The third-order valence-corrected chi connectivity index (χ3v) is 3.60. The van der Waals surface area contributed by atoms with Crippen molar-refractivity contribution in [2.24, 2.45) is 0 Å². The Balaban J connectivity index is 2.10. The minimum atomic E-state index is -0.443. The van der Waals surface area contributed by atoms with E-state index in [0.29, 0.717) is 18.8 Å². The molecule has 0 spiro atoms. The van der Waals surface area contributed by atoms with Crippen molar-refractivity contribution in [1.82, 2.24) is 9.55 Å². The van der Waals surface area contributed by atoms with Crippen LogP contribution in [0.1, 0.15) is 35.0 Å². The summed E-state index contributed by atoms with van der Waals surface area (Å²) in [6.07, 6.45) is 10.1. The Bertz CT molecular complexity index is 735. The predicted octanol–water partition coefficient (Wildman–Crippen LogP) is 2.88. The second-order valence-corrected chi connectivity index (χ2v) is 5.39. The quantitative estimate of drug-likeness (QED) is 0.545. The number of hydrogen-bond acceptors (Lipinski definition) is 5. The molecule has 0 amide bonds. The molecule has 6 heteroatoms. The molecular formula is C19H22N2O4. The number of aromatic nitrogens is 2. The molecule has 0 aliphatic rings. The van der Waals surface area contributed by atoms with Gasteiger partial charge in [0.25, 0.3) is 0 Å². The normalized spacial score (nSPS) is 10.8. The van der Waals surface area contributed by atoms with Crippen LogP contribution in [0.4, 0.5) is 0 Å². The van der Waals surface area contributed by atoms with Gasteiger partial charge in [-0.15, -0.1) is 0 Å². The monoisotopic (exact) mass is 342 g/mol. The Morgan fingerprint density at radius 1 is 1.36 bits per heavy atom. The van der Waals surface area contributed by atoms with Gasteiger partial charge < -0.3 is 14.0 Å². The standard InChI is InChI=1S/C19H22N2O4/c1-3-25-19(23)17-12-16(8-9-18(22)24-2)14-21(17)11-5-7-15-6-4-10-20-13-15/h4,6,8-10,12-14H,3,5,7,11H2,1-2H3/b9-8+. The molecule has 132 valence electrons. The van der Waals surface area contributed by atoms with Crippen molar-refractivity contribution in [3.8, 4) is 0 Å². The number of carbonyl (C=O) groups excluding carboxylic acids is 2. The maximum Gasteiger partial charge on any atom is 0.354 e. The van der Waals surface area contributed by atoms with Crippen LogP contribution in [0.15, 0.2) is 42.9 Å². The van der Waals surface area contributed by atoms with Crippen LogP contribution in [0, 0.1) is 0 Å². The summed E-state index contributed by atoms with van der Waals surface area (Å²) in [7, 11) is 1.32. The molecule has 0 saturated heterocycles. The van der Waals surface area contributed by atoms with Crippen LogP contribution in [-0.2, 0) is 27.2 Å². The number of nitrogens with zero attached hydrogens (tertiary/aromatic N) is 2. The van der Waals surface area contributed by atoms with Crippen LogP contribution in [-0.4, -0.2) is 35.2 Å². The van der Waals surface area contributed by atoms with E-state index in [1.807, 2.05) is 29.1 Å². The topological polar surface area (TPSA) is 70.4 Å². The Hall–Kier alpha value is -2.89. The maximum absolute atomic E-state index is 12.1. The van der Waals surface area contributed by atoms with Crippen LogP contribution in [0.3, 0.4) is 0 Å². The molecular weight excluding hydrogens is 320 g/mol. The molecule has 0 unspecified atom stereocenters. The number of ether oxygens (including phenoxy) is 2. The summed E-state index contributed by atoms with van der Waals surface area (Å²) in [5.74, 6) is -0.816. The van der Waals surface area contributed by atoms with E-state index >= 15 is 0 Å². The molecule has 2 heterocycles. The van der Waals surface area contributed by atoms with E-state index < -0.39 is 5.97 Å². The molecule has 0 aromatic carbocycles. The van der Waals surface area contributed by atoms with Crippen molar-refractivity contribution in [3.63, 3.8) is 0 Å². The average molecular weight is 342 g/mol. The zero-order valence-electron chi connectivity index (χ0n) is 14.5. The Morgan fingerprint density at radius 3 is 2.88 bits per heavy atom. The fourth-order valence-electron chi connectivity index (χ4n) is 2.42. The van der Waals surface area contributed by atoms with Crippen molar-refractivity contribution >= 4 is 18.0 Å². The van der Waals surface area contributed by atoms with Gasteiger partial charge in [-0.1, -0.05) is 6.07 Å². The fourth-order valence-corrected chi connectivity index (χ4v) is 2.42. The third-order valence-electron chi connectivity index (χ3n) is 3.60. The van der Waals surface area contributed by atoms with Crippen molar-refractivity contribution in [2.75, 3.05) is 13.7 Å². The molecule has 2 aromatic heterocycles. The van der Waals surface area contributed by atoms with E-state index in [1.165, 1.54) is 13.2 Å². The highest BCUT2D eigenvalue weighted by Crippen LogP contribution is 2.14. The number of carbonyl (C=O) groups is 2. The zero-order chi connectivity index (χ0) is 18.1. The minimum absolute atomic E-state index is 0.313. The van der Waals surface area contributed by atoms with Gasteiger partial charge in [0.1, 0.15) is 5.69 Å². The first-order valence-corrected chi connectivity index (χ1v) is 8.16. The van der Waals surface area contributed by atoms with E-state index in [9.17, 15) is 9.59 Å². The van der Waals surface area contributed by atoms with Gasteiger partial charge in [-0.05, 0) is 49.1 Å². The van der Waals surface area contributed by atoms with Gasteiger partial charge in [-0.3, -0.25) is 4.98 Å². The Morgan fingerprint density at radius 2 is 2.20 bits per heavy atom. The lowest BCUT2D eigenvalue weighted by Crippen LogP contribution is -2.12. The first-order valence-electron chi connectivity index (χ1n) is 8.16. The van der Waals surface area contributed by atoms with Crippen LogP contribution in [0.25, 0.3) is 6.08 Å². The molecule has 0 bridgehead atoms. The van der Waals surface area contributed by atoms with Gasteiger partial charge in [0.15, 0.2) is 0 Å². The molecule has 2 aromatic rings. The first kappa shape index (κ1) is 18.4. The average Bonchev–Trinajstić information content (AvgIpc) is 3.04. The summed E-state index contributed by atoms with van der Waals surface area (Å²) in [5, 5.41) is 0. The largest absolute Gasteiger partial charge is 0.466 e. The van der Waals surface area contributed by atoms with E-state index in [0.717, 1.165) is 24.0 Å². The molecule has 0 radical (unpaired) electrons. The van der Waals surface area contributed by atoms with Gasteiger partial charge in [-0.2, -0.15) is 0 Å². The van der Waals surface area contributed by atoms with Gasteiger partial charge in [0, 0.05) is 31.2 Å². The highest BCUT2D eigenvalue weighted by atomic mass is 16.5. The molecule has 0 fully saturated rings. The van der Waals surface area contributed by atoms with E-state index in [4.69, 9.17) is 4.74 Å². The minimum Gasteiger partial charge on any atom is -0.466 e. The lowest BCUT2D eigenvalue weighted by Gasteiger charge is -2.08. The smallest absolute Gasteiger partial charge is 0.354 e. The molecule has 2 rings (SSSR count). The molecule has 25 heavy (non-hydrogen) atoms. The van der Waals surface area contributed by atoms with Crippen molar-refractivity contribution in [1.29, 1.82) is 0 Å². The zero-order valence-corrected chi connectivity index (χ0v) is 14.5. The number of methoxy groups -OCH3 is 1. The number of hydrogen-bond donors (Lipinski definition) is 0. The van der Waals surface area contributed by atoms with Crippen molar-refractivity contribution in [3.05, 3.63) is 59.7 Å². The van der Waals surface area contributed by atoms with Gasteiger partial charge in [-0.25, -0.2) is 9.59 Å². The summed E-state index contributed by atoms with van der Waals surface area (Å²) in [6.45, 7) is 2.74. The number of pyridine rings is 1. The molecule has 0 aliphatic heterocycles. The molecule has 6 nitrogen and oxygen atoms in total. The van der Waals surface area contributed by atoms with Crippen LogP contribution in [0.5, 0.6) is 0 Å². The van der Waals surface area contributed by atoms with Crippen LogP contribution in [0.2, 0.25) is 0 Å². The molecule has 0 atom stereocenters. The Labute approximate surface area is 147 Å². The Kier molecular flexibility index (Phi) is 6.95. The summed E-state index contributed by atoms with van der Waals surface area (Å²) in [6, 6.07) is 5.64. The van der Waals surface area contributed by atoms with E-state index in [1.54, 1.807) is 25.3 Å². The van der Waals surface area contributed by atoms with Gasteiger partial charge in [0.2, 0.25) is 0 Å². The van der Waals surface area contributed by atoms with E-state index in [-0.39, 0.29) is 5.97 Å². The highest BCUT2D eigenvalue weighted by Gasteiger charge is 2.14. The molecule has 0 N–H and O–H groups in total. The summed E-state index contributed by atoms with van der Waals surface area (Å²) < 4.78 is 11.5. The third kappa shape index (κ3) is 5.60. The van der Waals surface area contributed by atoms with Gasteiger partial charge in [0.05, 0.1) is 13.7 Å². The number of esters is 2. The number of rotatable bonds is 8. The van der Waals surface area contributed by atoms with Crippen LogP contribution >= 0.6 is 0 Å². The van der Waals surface area contributed by atoms with Crippen LogP contribution < -0.4 is 0 Å². The first-order chi connectivity index (χ1) is 12.1. The number of aryl methyl sites for hydroxylation is 2. The van der Waals surface area contributed by atoms with Crippen molar-refractivity contribution < 1.29 is 19.1 Å². The molecule has 0 aliphatic carbocycles. The lowest BCUT2D eigenvalue weighted by atomic mass is 10.1. The van der Waals surface area contributed by atoms with E-state index in [2.05, 4.69) is 9.72 Å². The maximum atomic E-state index is 12.1. The summed E-state index contributed by atoms with van der Waals surface area (Å²) in [4.78, 5) is 27.5.